The van der Waals surface area contributed by atoms with Crippen molar-refractivity contribution in [1.29, 1.82) is 5.26 Å². The summed E-state index contributed by atoms with van der Waals surface area (Å²) in [6, 6.07) is 7.46. The molecular weight excluding hydrogens is 264 g/mol. The number of hydrogen-bond donors (Lipinski definition) is 1. The molecule has 0 atom stereocenters. The normalized spacial score (nSPS) is 10.0. The minimum atomic E-state index is 0.502. The van der Waals surface area contributed by atoms with Gasteiger partial charge in [0.15, 0.2) is 0 Å². The van der Waals surface area contributed by atoms with Gasteiger partial charge >= 0.3 is 0 Å². The van der Waals surface area contributed by atoms with Gasteiger partial charge in [0.05, 0.1) is 11.6 Å². The van der Waals surface area contributed by atoms with Crippen LogP contribution in [0.1, 0.15) is 30.0 Å². The molecule has 5 nitrogen and oxygen atoms in total. The van der Waals surface area contributed by atoms with E-state index in [0.29, 0.717) is 23.1 Å². The third kappa shape index (κ3) is 3.69. The van der Waals surface area contributed by atoms with E-state index in [1.165, 1.54) is 0 Å². The molecule has 0 saturated carbocycles. The average Bonchev–Trinajstić information content (AvgIpc) is 2.50. The second-order valence-corrected chi connectivity index (χ2v) is 4.80. The highest BCUT2D eigenvalue weighted by Gasteiger charge is 2.09. The van der Waals surface area contributed by atoms with E-state index in [0.717, 1.165) is 24.1 Å². The summed E-state index contributed by atoms with van der Waals surface area (Å²) in [6.07, 6.45) is 2.72. The fourth-order valence-electron chi connectivity index (χ4n) is 1.74. The number of aryl methyl sites for hydroxylation is 2. The van der Waals surface area contributed by atoms with Crippen LogP contribution in [0.15, 0.2) is 24.4 Å². The van der Waals surface area contributed by atoms with Crippen LogP contribution in [0.25, 0.3) is 0 Å². The first-order valence-electron chi connectivity index (χ1n) is 6.90. The first kappa shape index (κ1) is 14.8. The lowest BCUT2D eigenvalue weighted by Crippen LogP contribution is -2.05. The molecule has 0 radical (unpaired) electrons. The Kier molecular flexibility index (Phi) is 4.72. The van der Waals surface area contributed by atoms with E-state index in [1.54, 1.807) is 18.3 Å². The van der Waals surface area contributed by atoms with Crippen molar-refractivity contribution in [2.75, 3.05) is 11.9 Å². The maximum atomic E-state index is 8.97. The maximum Gasteiger partial charge on any atom is 0.226 e. The molecule has 0 aliphatic carbocycles. The van der Waals surface area contributed by atoms with E-state index in [1.807, 2.05) is 19.9 Å². The lowest BCUT2D eigenvalue weighted by Gasteiger charge is -2.11. The summed E-state index contributed by atoms with van der Waals surface area (Å²) in [7, 11) is 0. The molecule has 108 valence electrons. The maximum absolute atomic E-state index is 8.97. The fraction of sp³-hybridized carbons (Fsp3) is 0.312. The van der Waals surface area contributed by atoms with Crippen LogP contribution in [0.5, 0.6) is 11.6 Å². The number of anilines is 1. The molecule has 0 saturated heterocycles. The van der Waals surface area contributed by atoms with Gasteiger partial charge in [0.25, 0.3) is 0 Å². The van der Waals surface area contributed by atoms with Gasteiger partial charge in [-0.1, -0.05) is 13.0 Å². The van der Waals surface area contributed by atoms with E-state index < -0.39 is 0 Å². The van der Waals surface area contributed by atoms with Gasteiger partial charge in [0.1, 0.15) is 5.75 Å². The van der Waals surface area contributed by atoms with Gasteiger partial charge in [-0.2, -0.15) is 10.2 Å². The molecule has 1 N–H and O–H groups in total. The van der Waals surface area contributed by atoms with Crippen LogP contribution in [-0.2, 0) is 0 Å². The van der Waals surface area contributed by atoms with Crippen molar-refractivity contribution in [3.8, 4) is 17.7 Å². The van der Waals surface area contributed by atoms with E-state index in [4.69, 9.17) is 10.00 Å². The number of hydrogen-bond acceptors (Lipinski definition) is 5. The molecule has 1 heterocycles. The predicted octanol–water partition coefficient (Wildman–Crippen LogP) is 3.58. The number of nitrogens with zero attached hydrogens (tertiary/aromatic N) is 3. The molecule has 0 spiro atoms. The molecule has 0 amide bonds. The monoisotopic (exact) mass is 282 g/mol. The first-order valence-corrected chi connectivity index (χ1v) is 6.90. The lowest BCUT2D eigenvalue weighted by atomic mass is 10.1. The summed E-state index contributed by atoms with van der Waals surface area (Å²) in [6.45, 7) is 6.71. The zero-order valence-corrected chi connectivity index (χ0v) is 12.5. The van der Waals surface area contributed by atoms with Crippen LogP contribution in [0.3, 0.4) is 0 Å². The van der Waals surface area contributed by atoms with Crippen molar-refractivity contribution in [1.82, 2.24) is 9.97 Å². The Morgan fingerprint density at radius 3 is 2.81 bits per heavy atom. The summed E-state index contributed by atoms with van der Waals surface area (Å²) in [5, 5.41) is 12.1. The molecule has 2 aromatic rings. The molecule has 0 aliphatic heterocycles. The number of aromatic nitrogens is 2. The zero-order valence-electron chi connectivity index (χ0n) is 12.5. The summed E-state index contributed by atoms with van der Waals surface area (Å²) >= 11 is 0. The topological polar surface area (TPSA) is 70.8 Å². The summed E-state index contributed by atoms with van der Waals surface area (Å²) < 4.78 is 5.86. The standard InChI is InChI=1S/C16H18N4O/c1-4-7-18-16-19-10-12(3)15(20-16)21-14-8-13(9-17)6-5-11(14)2/h5-6,8,10H,4,7H2,1-3H3,(H,18,19,20). The Bertz CT molecular complexity index is 676. The highest BCUT2D eigenvalue weighted by molar-refractivity contribution is 5.44. The smallest absolute Gasteiger partial charge is 0.226 e. The number of benzene rings is 1. The van der Waals surface area contributed by atoms with Crippen molar-refractivity contribution in [2.24, 2.45) is 0 Å². The Labute approximate surface area is 124 Å². The quantitative estimate of drug-likeness (QED) is 0.907. The molecule has 1 aromatic heterocycles. The third-order valence-electron chi connectivity index (χ3n) is 2.98. The van der Waals surface area contributed by atoms with Crippen LogP contribution >= 0.6 is 0 Å². The molecular formula is C16H18N4O. The molecule has 21 heavy (non-hydrogen) atoms. The van der Waals surface area contributed by atoms with Gasteiger partial charge in [-0.05, 0) is 38.0 Å². The highest BCUT2D eigenvalue weighted by Crippen LogP contribution is 2.27. The Morgan fingerprint density at radius 2 is 2.10 bits per heavy atom. The molecule has 1 aromatic carbocycles. The van der Waals surface area contributed by atoms with Gasteiger partial charge in [0.2, 0.25) is 11.8 Å². The first-order chi connectivity index (χ1) is 10.1. The highest BCUT2D eigenvalue weighted by atomic mass is 16.5. The fourth-order valence-corrected chi connectivity index (χ4v) is 1.74. The minimum Gasteiger partial charge on any atom is -0.438 e. The SMILES string of the molecule is CCCNc1ncc(C)c(Oc2cc(C#N)ccc2C)n1. The van der Waals surface area contributed by atoms with Crippen LogP contribution in [0.2, 0.25) is 0 Å². The summed E-state index contributed by atoms with van der Waals surface area (Å²) in [4.78, 5) is 8.59. The van der Waals surface area contributed by atoms with Crippen molar-refractivity contribution in [3.05, 3.63) is 41.1 Å². The minimum absolute atomic E-state index is 0.502. The van der Waals surface area contributed by atoms with Gasteiger partial charge in [-0.25, -0.2) is 4.98 Å². The molecule has 0 aliphatic rings. The molecule has 2 rings (SSSR count). The van der Waals surface area contributed by atoms with Gasteiger partial charge in [-0.3, -0.25) is 0 Å². The molecule has 5 heteroatoms. The number of nitrogens with one attached hydrogen (secondary N) is 1. The van der Waals surface area contributed by atoms with Crippen LogP contribution in [-0.4, -0.2) is 16.5 Å². The number of ether oxygens (including phenoxy) is 1. The Balaban J connectivity index is 2.28. The average molecular weight is 282 g/mol. The lowest BCUT2D eigenvalue weighted by molar-refractivity contribution is 0.454. The number of rotatable bonds is 5. The van der Waals surface area contributed by atoms with Crippen LogP contribution in [0.4, 0.5) is 5.95 Å². The van der Waals surface area contributed by atoms with Gasteiger partial charge in [0, 0.05) is 18.3 Å². The molecule has 0 bridgehead atoms. The van der Waals surface area contributed by atoms with E-state index in [-0.39, 0.29) is 0 Å². The largest absolute Gasteiger partial charge is 0.438 e. The van der Waals surface area contributed by atoms with E-state index in [9.17, 15) is 0 Å². The summed E-state index contributed by atoms with van der Waals surface area (Å²) in [5.74, 6) is 1.69. The van der Waals surface area contributed by atoms with Crippen LogP contribution in [0, 0.1) is 25.2 Å². The van der Waals surface area contributed by atoms with E-state index >= 15 is 0 Å². The Morgan fingerprint density at radius 1 is 1.29 bits per heavy atom. The molecule has 0 fully saturated rings. The summed E-state index contributed by atoms with van der Waals surface area (Å²) in [5.41, 5.74) is 2.36. The van der Waals surface area contributed by atoms with E-state index in [2.05, 4.69) is 28.3 Å². The number of nitriles is 1. The second-order valence-electron chi connectivity index (χ2n) is 4.80. The molecule has 0 unspecified atom stereocenters. The van der Waals surface area contributed by atoms with Crippen molar-refractivity contribution < 1.29 is 4.74 Å². The zero-order chi connectivity index (χ0) is 15.2. The Hall–Kier alpha value is -2.61. The van der Waals surface area contributed by atoms with Crippen molar-refractivity contribution >= 4 is 5.95 Å². The van der Waals surface area contributed by atoms with Gasteiger partial charge < -0.3 is 10.1 Å². The van der Waals surface area contributed by atoms with Crippen molar-refractivity contribution in [2.45, 2.75) is 27.2 Å². The second kappa shape index (κ2) is 6.71. The van der Waals surface area contributed by atoms with Gasteiger partial charge in [-0.15, -0.1) is 0 Å². The third-order valence-corrected chi connectivity index (χ3v) is 2.98. The van der Waals surface area contributed by atoms with Crippen molar-refractivity contribution in [3.63, 3.8) is 0 Å². The predicted molar refractivity (Wildman–Crippen MR) is 81.5 cm³/mol. The van der Waals surface area contributed by atoms with Crippen LogP contribution < -0.4 is 10.1 Å².